The number of rotatable bonds is 9. The first-order valence-corrected chi connectivity index (χ1v) is 7.17. The summed E-state index contributed by atoms with van der Waals surface area (Å²) in [7, 11) is 3.48. The summed E-state index contributed by atoms with van der Waals surface area (Å²) in [5.41, 5.74) is 6.11. The summed E-state index contributed by atoms with van der Waals surface area (Å²) in [6.07, 6.45) is 2.25. The van der Waals surface area contributed by atoms with Gasteiger partial charge in [0.25, 0.3) is 0 Å². The van der Waals surface area contributed by atoms with E-state index in [1.165, 1.54) is 0 Å². The minimum absolute atomic E-state index is 0.0913. The number of hydrogen-bond acceptors (Lipinski definition) is 5. The lowest BCUT2D eigenvalue weighted by Crippen LogP contribution is -2.51. The second-order valence-corrected chi connectivity index (χ2v) is 5.63. The van der Waals surface area contributed by atoms with Crippen LogP contribution in [0.5, 0.6) is 0 Å². The molecule has 1 aliphatic heterocycles. The molecule has 1 rings (SSSR count). The molecule has 1 aliphatic rings. The maximum absolute atomic E-state index is 6.02. The van der Waals surface area contributed by atoms with E-state index in [9.17, 15) is 0 Å². The van der Waals surface area contributed by atoms with Crippen LogP contribution in [0.15, 0.2) is 0 Å². The minimum atomic E-state index is 0.0913. The van der Waals surface area contributed by atoms with E-state index in [0.717, 1.165) is 52.4 Å². The number of ether oxygens (including phenoxy) is 3. The van der Waals surface area contributed by atoms with Crippen LogP contribution in [0.4, 0.5) is 0 Å². The van der Waals surface area contributed by atoms with E-state index >= 15 is 0 Å². The zero-order chi connectivity index (χ0) is 14.1. The highest BCUT2D eigenvalue weighted by Crippen LogP contribution is 2.29. The third-order valence-corrected chi connectivity index (χ3v) is 3.99. The molecule has 1 saturated heterocycles. The van der Waals surface area contributed by atoms with Gasteiger partial charge in [-0.25, -0.2) is 0 Å². The molecule has 1 heterocycles. The highest BCUT2D eigenvalue weighted by Gasteiger charge is 2.34. The predicted molar refractivity (Wildman–Crippen MR) is 76.3 cm³/mol. The van der Waals surface area contributed by atoms with E-state index in [2.05, 4.69) is 11.8 Å². The Balaban J connectivity index is 2.61. The van der Waals surface area contributed by atoms with Crippen LogP contribution in [0, 0.1) is 5.41 Å². The first kappa shape index (κ1) is 16.9. The highest BCUT2D eigenvalue weighted by atomic mass is 16.5. The van der Waals surface area contributed by atoms with Crippen molar-refractivity contribution in [3.63, 3.8) is 0 Å². The summed E-state index contributed by atoms with van der Waals surface area (Å²) in [6.45, 7) is 7.82. The summed E-state index contributed by atoms with van der Waals surface area (Å²) in [4.78, 5) is 2.41. The number of nitrogens with zero attached hydrogens (tertiary/aromatic N) is 1. The van der Waals surface area contributed by atoms with Crippen molar-refractivity contribution in [1.82, 2.24) is 4.90 Å². The Morgan fingerprint density at radius 2 is 2.16 bits per heavy atom. The van der Waals surface area contributed by atoms with Gasteiger partial charge in [0.05, 0.1) is 19.8 Å². The van der Waals surface area contributed by atoms with Crippen LogP contribution in [-0.4, -0.2) is 71.2 Å². The van der Waals surface area contributed by atoms with Crippen LogP contribution >= 0.6 is 0 Å². The van der Waals surface area contributed by atoms with Crippen molar-refractivity contribution < 1.29 is 14.2 Å². The van der Waals surface area contributed by atoms with Crippen molar-refractivity contribution in [3.05, 3.63) is 0 Å². The van der Waals surface area contributed by atoms with E-state index in [1.54, 1.807) is 14.2 Å². The minimum Gasteiger partial charge on any atom is -0.383 e. The third-order valence-electron chi connectivity index (χ3n) is 3.99. The maximum Gasteiger partial charge on any atom is 0.0615 e. The Morgan fingerprint density at radius 3 is 2.68 bits per heavy atom. The summed E-state index contributed by atoms with van der Waals surface area (Å²) in [5, 5.41) is 0. The van der Waals surface area contributed by atoms with Gasteiger partial charge in [-0.05, 0) is 19.8 Å². The van der Waals surface area contributed by atoms with Crippen LogP contribution in [0.1, 0.15) is 19.8 Å². The molecule has 1 fully saturated rings. The van der Waals surface area contributed by atoms with Crippen LogP contribution < -0.4 is 5.73 Å². The lowest BCUT2D eigenvalue weighted by Gasteiger charge is -2.42. The van der Waals surface area contributed by atoms with Gasteiger partial charge in [-0.3, -0.25) is 4.90 Å². The van der Waals surface area contributed by atoms with Crippen LogP contribution in [0.2, 0.25) is 0 Å². The molecule has 0 aromatic heterocycles. The first-order valence-electron chi connectivity index (χ1n) is 7.17. The van der Waals surface area contributed by atoms with Gasteiger partial charge in [0.15, 0.2) is 0 Å². The Hall–Kier alpha value is -0.200. The van der Waals surface area contributed by atoms with Crippen molar-refractivity contribution in [2.75, 3.05) is 60.3 Å². The second-order valence-electron chi connectivity index (χ2n) is 5.63. The van der Waals surface area contributed by atoms with Crippen molar-refractivity contribution >= 4 is 0 Å². The van der Waals surface area contributed by atoms with Gasteiger partial charge in [0.1, 0.15) is 0 Å². The Kier molecular flexibility index (Phi) is 7.87. The Labute approximate surface area is 117 Å². The highest BCUT2D eigenvalue weighted by molar-refractivity contribution is 4.87. The van der Waals surface area contributed by atoms with E-state index < -0.39 is 0 Å². The Bertz CT molecular complexity index is 233. The maximum atomic E-state index is 6.02. The lowest BCUT2D eigenvalue weighted by atomic mass is 9.81. The molecule has 0 saturated carbocycles. The van der Waals surface area contributed by atoms with Crippen LogP contribution in [-0.2, 0) is 14.2 Å². The zero-order valence-corrected chi connectivity index (χ0v) is 12.7. The van der Waals surface area contributed by atoms with Gasteiger partial charge in [0.2, 0.25) is 0 Å². The summed E-state index contributed by atoms with van der Waals surface area (Å²) in [6, 6.07) is 0.366. The average molecular weight is 274 g/mol. The summed E-state index contributed by atoms with van der Waals surface area (Å²) in [5.74, 6) is 0. The molecular formula is C14H30N2O3. The van der Waals surface area contributed by atoms with E-state index in [1.807, 2.05) is 0 Å². The van der Waals surface area contributed by atoms with Crippen LogP contribution in [0.3, 0.4) is 0 Å². The van der Waals surface area contributed by atoms with Crippen molar-refractivity contribution in [1.29, 1.82) is 0 Å². The molecule has 0 aliphatic carbocycles. The van der Waals surface area contributed by atoms with E-state index in [4.69, 9.17) is 19.9 Å². The molecule has 0 aromatic rings. The van der Waals surface area contributed by atoms with Crippen molar-refractivity contribution in [3.8, 4) is 0 Å². The quantitative estimate of drug-likeness (QED) is 0.671. The fourth-order valence-corrected chi connectivity index (χ4v) is 2.70. The molecule has 2 unspecified atom stereocenters. The molecule has 0 aromatic carbocycles. The number of methoxy groups -OCH3 is 2. The molecular weight excluding hydrogens is 244 g/mol. The molecule has 0 amide bonds. The van der Waals surface area contributed by atoms with E-state index in [0.29, 0.717) is 12.6 Å². The van der Waals surface area contributed by atoms with Gasteiger partial charge in [-0.2, -0.15) is 0 Å². The van der Waals surface area contributed by atoms with Crippen LogP contribution in [0.25, 0.3) is 0 Å². The molecule has 2 N–H and O–H groups in total. The Morgan fingerprint density at radius 1 is 1.37 bits per heavy atom. The molecule has 114 valence electrons. The molecule has 5 heteroatoms. The molecule has 0 radical (unpaired) electrons. The molecule has 5 nitrogen and oxygen atoms in total. The SMILES string of the molecule is COCCN(CC1(CN)CCCOC1)C(C)COC. The summed E-state index contributed by atoms with van der Waals surface area (Å²) >= 11 is 0. The molecule has 19 heavy (non-hydrogen) atoms. The topological polar surface area (TPSA) is 57.0 Å². The predicted octanol–water partition coefficient (Wildman–Crippen LogP) is 0.725. The zero-order valence-electron chi connectivity index (χ0n) is 12.7. The molecule has 2 atom stereocenters. The second kappa shape index (κ2) is 8.87. The van der Waals surface area contributed by atoms with Gasteiger partial charge >= 0.3 is 0 Å². The van der Waals surface area contributed by atoms with Crippen molar-refractivity contribution in [2.45, 2.75) is 25.8 Å². The third kappa shape index (κ3) is 5.36. The molecule has 0 bridgehead atoms. The fraction of sp³-hybridized carbons (Fsp3) is 1.00. The standard InChI is InChI=1S/C14H30N2O3/c1-13(9-18-3)16(6-8-17-2)11-14(10-15)5-4-7-19-12-14/h13H,4-12,15H2,1-3H3. The average Bonchev–Trinajstić information content (AvgIpc) is 2.44. The van der Waals surface area contributed by atoms with Gasteiger partial charge in [-0.15, -0.1) is 0 Å². The fourth-order valence-electron chi connectivity index (χ4n) is 2.70. The smallest absolute Gasteiger partial charge is 0.0615 e. The van der Waals surface area contributed by atoms with Gasteiger partial charge < -0.3 is 19.9 Å². The number of nitrogens with two attached hydrogens (primary N) is 1. The summed E-state index contributed by atoms with van der Waals surface area (Å²) < 4.78 is 16.1. The van der Waals surface area contributed by atoms with E-state index in [-0.39, 0.29) is 5.41 Å². The van der Waals surface area contributed by atoms with Gasteiger partial charge in [-0.1, -0.05) is 0 Å². The lowest BCUT2D eigenvalue weighted by molar-refractivity contribution is -0.0370. The molecule has 0 spiro atoms. The monoisotopic (exact) mass is 274 g/mol. The number of hydrogen-bond donors (Lipinski definition) is 1. The normalized spacial score (nSPS) is 25.7. The van der Waals surface area contributed by atoms with Crippen molar-refractivity contribution in [2.24, 2.45) is 11.1 Å². The largest absolute Gasteiger partial charge is 0.383 e. The van der Waals surface area contributed by atoms with Gasteiger partial charge in [0, 0.05) is 51.9 Å². The first-order chi connectivity index (χ1) is 9.17.